The molecular formula is C9H13F3N4. The zero-order valence-electron chi connectivity index (χ0n) is 8.88. The molecule has 2 rings (SSSR count). The molecule has 1 saturated heterocycles. The predicted octanol–water partition coefficient (Wildman–Crippen LogP) is 1.30. The van der Waals surface area contributed by atoms with Crippen LogP contribution >= 0.6 is 0 Å². The Balaban J connectivity index is 2.24. The van der Waals surface area contributed by atoms with Crippen molar-refractivity contribution < 1.29 is 13.2 Å². The average molecular weight is 234 g/mol. The Labute approximate surface area is 90.9 Å². The first kappa shape index (κ1) is 11.4. The monoisotopic (exact) mass is 234 g/mol. The van der Waals surface area contributed by atoms with Gasteiger partial charge in [0.25, 0.3) is 5.82 Å². The second-order valence-corrected chi connectivity index (χ2v) is 3.94. The Morgan fingerprint density at radius 2 is 1.94 bits per heavy atom. The van der Waals surface area contributed by atoms with Crippen molar-refractivity contribution in [3.63, 3.8) is 0 Å². The minimum absolute atomic E-state index is 0.0786. The van der Waals surface area contributed by atoms with Crippen LogP contribution in [0.1, 0.15) is 30.4 Å². The molecule has 0 aromatic carbocycles. The van der Waals surface area contributed by atoms with E-state index in [1.54, 1.807) is 0 Å². The highest BCUT2D eigenvalue weighted by Gasteiger charge is 2.37. The number of hydrogen-bond acceptors (Lipinski definition) is 3. The number of rotatable bonds is 1. The molecule has 0 unspecified atom stereocenters. The van der Waals surface area contributed by atoms with E-state index >= 15 is 0 Å². The molecule has 90 valence electrons. The molecule has 1 N–H and O–H groups in total. The Hall–Kier alpha value is -1.11. The maximum atomic E-state index is 12.4. The molecule has 0 spiro atoms. The normalized spacial score (nSPS) is 19.0. The van der Waals surface area contributed by atoms with Gasteiger partial charge in [-0.2, -0.15) is 13.2 Å². The van der Waals surface area contributed by atoms with Gasteiger partial charge in [0.1, 0.15) is 5.82 Å². The van der Waals surface area contributed by atoms with Gasteiger partial charge in [0.05, 0.1) is 0 Å². The van der Waals surface area contributed by atoms with Crippen molar-refractivity contribution in [2.45, 2.75) is 24.9 Å². The van der Waals surface area contributed by atoms with Crippen LogP contribution in [-0.4, -0.2) is 27.9 Å². The summed E-state index contributed by atoms with van der Waals surface area (Å²) in [6, 6.07) is 0. The number of alkyl halides is 3. The maximum absolute atomic E-state index is 12.4. The van der Waals surface area contributed by atoms with Crippen molar-refractivity contribution in [3.05, 3.63) is 11.6 Å². The first-order valence-electron chi connectivity index (χ1n) is 5.17. The quantitative estimate of drug-likeness (QED) is 0.796. The summed E-state index contributed by atoms with van der Waals surface area (Å²) in [5.41, 5.74) is 0. The fourth-order valence-electron chi connectivity index (χ4n) is 1.95. The maximum Gasteiger partial charge on any atom is 0.453 e. The van der Waals surface area contributed by atoms with Gasteiger partial charge in [-0.05, 0) is 25.9 Å². The van der Waals surface area contributed by atoms with E-state index in [1.807, 2.05) is 0 Å². The van der Waals surface area contributed by atoms with Crippen molar-refractivity contribution in [1.29, 1.82) is 0 Å². The highest BCUT2D eigenvalue weighted by molar-refractivity contribution is 5.03. The van der Waals surface area contributed by atoms with Crippen molar-refractivity contribution in [2.75, 3.05) is 13.1 Å². The molecule has 4 nitrogen and oxygen atoms in total. The van der Waals surface area contributed by atoms with Crippen LogP contribution in [0.5, 0.6) is 0 Å². The molecule has 0 saturated carbocycles. The molecule has 1 aromatic heterocycles. The Bertz CT molecular complexity index is 365. The van der Waals surface area contributed by atoms with Crippen LogP contribution in [0.15, 0.2) is 0 Å². The van der Waals surface area contributed by atoms with Crippen LogP contribution in [0.2, 0.25) is 0 Å². The van der Waals surface area contributed by atoms with Gasteiger partial charge in [-0.15, -0.1) is 5.10 Å². The summed E-state index contributed by atoms with van der Waals surface area (Å²) in [6.07, 6.45) is -2.84. The van der Waals surface area contributed by atoms with E-state index in [-0.39, 0.29) is 5.92 Å². The Morgan fingerprint density at radius 1 is 1.31 bits per heavy atom. The molecule has 1 aliphatic rings. The highest BCUT2D eigenvalue weighted by atomic mass is 19.4. The fourth-order valence-corrected chi connectivity index (χ4v) is 1.95. The molecule has 16 heavy (non-hydrogen) atoms. The van der Waals surface area contributed by atoms with Crippen LogP contribution in [0.4, 0.5) is 13.2 Å². The van der Waals surface area contributed by atoms with Gasteiger partial charge >= 0.3 is 6.18 Å². The average Bonchev–Trinajstić information content (AvgIpc) is 2.61. The summed E-state index contributed by atoms with van der Waals surface area (Å²) in [5.74, 6) is -0.521. The van der Waals surface area contributed by atoms with E-state index in [0.29, 0.717) is 5.82 Å². The third kappa shape index (κ3) is 2.18. The van der Waals surface area contributed by atoms with E-state index in [4.69, 9.17) is 0 Å². The summed E-state index contributed by atoms with van der Waals surface area (Å²) < 4.78 is 38.4. The minimum Gasteiger partial charge on any atom is -0.317 e. The van der Waals surface area contributed by atoms with Gasteiger partial charge in [-0.3, -0.25) is 4.68 Å². The lowest BCUT2D eigenvalue weighted by atomic mass is 9.97. The van der Waals surface area contributed by atoms with Crippen molar-refractivity contribution in [1.82, 2.24) is 20.1 Å². The molecule has 0 aliphatic carbocycles. The lowest BCUT2D eigenvalue weighted by Crippen LogP contribution is -2.28. The van der Waals surface area contributed by atoms with E-state index in [0.717, 1.165) is 25.9 Å². The molecule has 0 radical (unpaired) electrons. The molecule has 1 fully saturated rings. The zero-order valence-corrected chi connectivity index (χ0v) is 8.88. The highest BCUT2D eigenvalue weighted by Crippen LogP contribution is 2.29. The Morgan fingerprint density at radius 3 is 2.44 bits per heavy atom. The minimum atomic E-state index is -4.46. The number of aromatic nitrogens is 3. The second-order valence-electron chi connectivity index (χ2n) is 3.94. The van der Waals surface area contributed by atoms with Crippen molar-refractivity contribution in [3.8, 4) is 0 Å². The zero-order chi connectivity index (χ0) is 11.8. The lowest BCUT2D eigenvalue weighted by Gasteiger charge is -2.21. The topological polar surface area (TPSA) is 42.7 Å². The lowest BCUT2D eigenvalue weighted by molar-refractivity contribution is -0.145. The standard InChI is InChI=1S/C9H13F3N4/c1-16-7(6-2-4-13-5-3-6)14-8(15-16)9(10,11)12/h6,13H,2-5H2,1H3. The first-order chi connectivity index (χ1) is 7.48. The fraction of sp³-hybridized carbons (Fsp3) is 0.778. The van der Waals surface area contributed by atoms with Crippen LogP contribution in [0.25, 0.3) is 0 Å². The number of hydrogen-bond donors (Lipinski definition) is 1. The molecule has 0 atom stereocenters. The SMILES string of the molecule is Cn1nc(C(F)(F)F)nc1C1CCNCC1. The number of halogens is 3. The van der Waals surface area contributed by atoms with Crippen molar-refractivity contribution >= 4 is 0 Å². The summed E-state index contributed by atoms with van der Waals surface area (Å²) in [4.78, 5) is 3.60. The van der Waals surface area contributed by atoms with Gasteiger partial charge in [0.15, 0.2) is 0 Å². The summed E-state index contributed by atoms with van der Waals surface area (Å²) in [7, 11) is 1.51. The molecular weight excluding hydrogens is 221 g/mol. The van der Waals surface area contributed by atoms with Gasteiger partial charge in [-0.1, -0.05) is 0 Å². The van der Waals surface area contributed by atoms with E-state index in [9.17, 15) is 13.2 Å². The number of aryl methyl sites for hydroxylation is 1. The van der Waals surface area contributed by atoms with Crippen molar-refractivity contribution in [2.24, 2.45) is 7.05 Å². The predicted molar refractivity (Wildman–Crippen MR) is 50.8 cm³/mol. The van der Waals surface area contributed by atoms with Gasteiger partial charge < -0.3 is 5.32 Å². The third-order valence-electron chi connectivity index (χ3n) is 2.75. The summed E-state index contributed by atoms with van der Waals surface area (Å²) in [5, 5.41) is 6.58. The summed E-state index contributed by atoms with van der Waals surface area (Å²) in [6.45, 7) is 1.64. The molecule has 2 heterocycles. The first-order valence-corrected chi connectivity index (χ1v) is 5.17. The van der Waals surface area contributed by atoms with E-state index < -0.39 is 12.0 Å². The summed E-state index contributed by atoms with van der Waals surface area (Å²) >= 11 is 0. The molecule has 0 amide bonds. The van der Waals surface area contributed by atoms with Gasteiger partial charge in [-0.25, -0.2) is 4.98 Å². The second kappa shape index (κ2) is 4.04. The molecule has 7 heteroatoms. The van der Waals surface area contributed by atoms with E-state index in [2.05, 4.69) is 15.4 Å². The third-order valence-corrected chi connectivity index (χ3v) is 2.75. The number of nitrogens with one attached hydrogen (secondary N) is 1. The van der Waals surface area contributed by atoms with Crippen LogP contribution < -0.4 is 5.32 Å². The number of piperidine rings is 1. The molecule has 1 aliphatic heterocycles. The smallest absolute Gasteiger partial charge is 0.317 e. The van der Waals surface area contributed by atoms with E-state index in [1.165, 1.54) is 11.7 Å². The molecule has 0 bridgehead atoms. The molecule has 1 aromatic rings. The van der Waals surface area contributed by atoms with Crippen LogP contribution in [0, 0.1) is 0 Å². The van der Waals surface area contributed by atoms with Gasteiger partial charge in [0.2, 0.25) is 0 Å². The Kier molecular flexibility index (Phi) is 2.88. The largest absolute Gasteiger partial charge is 0.453 e. The number of nitrogens with zero attached hydrogens (tertiary/aromatic N) is 3. The van der Waals surface area contributed by atoms with Crippen LogP contribution in [0.3, 0.4) is 0 Å². The van der Waals surface area contributed by atoms with Gasteiger partial charge in [0, 0.05) is 13.0 Å². The van der Waals surface area contributed by atoms with Crippen LogP contribution in [-0.2, 0) is 13.2 Å².